The number of ether oxygens (including phenoxy) is 3. The van der Waals surface area contributed by atoms with Crippen molar-refractivity contribution < 1.29 is 28.6 Å². The molecular weight excluding hydrogens is 889 g/mol. The average Bonchev–Trinajstić information content (AvgIpc) is 3.38. The van der Waals surface area contributed by atoms with Crippen molar-refractivity contribution in [3.05, 3.63) is 0 Å². The minimum atomic E-state index is -0.760. The van der Waals surface area contributed by atoms with E-state index in [2.05, 4.69) is 20.8 Å². The molecule has 0 heterocycles. The van der Waals surface area contributed by atoms with Crippen LogP contribution in [0, 0.1) is 0 Å². The summed E-state index contributed by atoms with van der Waals surface area (Å²) >= 11 is 0. The Morgan fingerprint density at radius 1 is 0.222 bits per heavy atom. The van der Waals surface area contributed by atoms with Crippen molar-refractivity contribution in [1.29, 1.82) is 0 Å². The summed E-state index contributed by atoms with van der Waals surface area (Å²) in [7, 11) is 0. The molecule has 0 aliphatic heterocycles. The highest BCUT2D eigenvalue weighted by Crippen LogP contribution is 2.19. The molecule has 0 aliphatic carbocycles. The number of esters is 3. The molecule has 0 N–H and O–H groups in total. The lowest BCUT2D eigenvalue weighted by Crippen LogP contribution is -2.30. The first-order chi connectivity index (χ1) is 35.5. The largest absolute Gasteiger partial charge is 0.462 e. The van der Waals surface area contributed by atoms with Gasteiger partial charge in [0.15, 0.2) is 6.10 Å². The summed E-state index contributed by atoms with van der Waals surface area (Å²) in [6.07, 6.45) is 71.7. The smallest absolute Gasteiger partial charge is 0.306 e. The number of unbranched alkanes of at least 4 members (excludes halogenated alkanes) is 51. The molecule has 0 aliphatic rings. The molecule has 0 aromatic rings. The molecule has 6 heteroatoms. The predicted octanol–water partition coefficient (Wildman–Crippen LogP) is 22.3. The normalized spacial score (nSPS) is 11.9. The molecule has 0 amide bonds. The van der Waals surface area contributed by atoms with E-state index in [0.29, 0.717) is 19.3 Å². The second-order valence-electron chi connectivity index (χ2n) is 22.8. The molecule has 0 spiro atoms. The molecule has 0 rings (SSSR count). The fourth-order valence-electron chi connectivity index (χ4n) is 10.4. The molecule has 0 saturated carbocycles. The molecule has 0 saturated heterocycles. The van der Waals surface area contributed by atoms with Crippen molar-refractivity contribution in [2.45, 2.75) is 393 Å². The van der Waals surface area contributed by atoms with Gasteiger partial charge in [-0.15, -0.1) is 0 Å². The lowest BCUT2D eigenvalue weighted by molar-refractivity contribution is -0.167. The van der Waals surface area contributed by atoms with Crippen LogP contribution in [-0.2, 0) is 28.6 Å². The van der Waals surface area contributed by atoms with Crippen molar-refractivity contribution in [3.63, 3.8) is 0 Å². The maximum absolute atomic E-state index is 12.8. The third kappa shape index (κ3) is 59.3. The third-order valence-electron chi connectivity index (χ3n) is 15.4. The van der Waals surface area contributed by atoms with Crippen LogP contribution in [0.15, 0.2) is 0 Å². The SMILES string of the molecule is CCCCCCCCCCCCCCCCCCCCCCCCCCCCCCC(=O)OCC(COC(=O)CCCCCCCC)OC(=O)CCCCCCCCCCCCCCCCCCCCCC. The fourth-order valence-corrected chi connectivity index (χ4v) is 10.4. The van der Waals surface area contributed by atoms with Crippen molar-refractivity contribution in [3.8, 4) is 0 Å². The molecule has 428 valence electrons. The van der Waals surface area contributed by atoms with E-state index in [0.717, 1.165) is 57.8 Å². The summed E-state index contributed by atoms with van der Waals surface area (Å²) in [6, 6.07) is 0. The van der Waals surface area contributed by atoms with Crippen LogP contribution in [0.25, 0.3) is 0 Å². The highest BCUT2D eigenvalue weighted by atomic mass is 16.6. The van der Waals surface area contributed by atoms with E-state index in [4.69, 9.17) is 14.2 Å². The van der Waals surface area contributed by atoms with Crippen LogP contribution in [0.3, 0.4) is 0 Å². The van der Waals surface area contributed by atoms with Gasteiger partial charge >= 0.3 is 17.9 Å². The van der Waals surface area contributed by atoms with Gasteiger partial charge in [-0.05, 0) is 19.3 Å². The highest BCUT2D eigenvalue weighted by molar-refractivity contribution is 5.71. The maximum atomic E-state index is 12.8. The molecule has 1 atom stereocenters. The summed E-state index contributed by atoms with van der Waals surface area (Å²) in [5.74, 6) is -0.840. The molecule has 1 unspecified atom stereocenters. The lowest BCUT2D eigenvalue weighted by atomic mass is 10.0. The highest BCUT2D eigenvalue weighted by Gasteiger charge is 2.19. The van der Waals surface area contributed by atoms with Gasteiger partial charge in [-0.3, -0.25) is 14.4 Å². The Balaban J connectivity index is 3.96. The maximum Gasteiger partial charge on any atom is 0.306 e. The van der Waals surface area contributed by atoms with Gasteiger partial charge in [-0.2, -0.15) is 0 Å². The molecule has 0 bridgehead atoms. The quantitative estimate of drug-likeness (QED) is 0.0343. The molecule has 0 aromatic carbocycles. The molecule has 0 radical (unpaired) electrons. The van der Waals surface area contributed by atoms with E-state index in [1.165, 1.54) is 289 Å². The van der Waals surface area contributed by atoms with Gasteiger partial charge in [-0.25, -0.2) is 0 Å². The Bertz CT molecular complexity index is 1080. The third-order valence-corrected chi connectivity index (χ3v) is 15.4. The summed E-state index contributed by atoms with van der Waals surface area (Å²) < 4.78 is 16.8. The van der Waals surface area contributed by atoms with Crippen molar-refractivity contribution >= 4 is 17.9 Å². The zero-order chi connectivity index (χ0) is 52.2. The summed E-state index contributed by atoms with van der Waals surface area (Å²) in [4.78, 5) is 38.0. The van der Waals surface area contributed by atoms with Crippen LogP contribution in [0.4, 0.5) is 0 Å². The predicted molar refractivity (Wildman–Crippen MR) is 312 cm³/mol. The minimum Gasteiger partial charge on any atom is -0.462 e. The average molecular weight is 1020 g/mol. The van der Waals surface area contributed by atoms with E-state index in [1.807, 2.05) is 0 Å². The number of hydrogen-bond acceptors (Lipinski definition) is 6. The summed E-state index contributed by atoms with van der Waals surface area (Å²) in [5, 5.41) is 0. The Kier molecular flexibility index (Phi) is 60.6. The first kappa shape index (κ1) is 70.4. The number of carbonyl (C=O) groups is 3. The number of carbonyl (C=O) groups excluding carboxylic acids is 3. The second kappa shape index (κ2) is 62.0. The van der Waals surface area contributed by atoms with Crippen LogP contribution in [0.2, 0.25) is 0 Å². The van der Waals surface area contributed by atoms with Gasteiger partial charge in [0.2, 0.25) is 0 Å². The summed E-state index contributed by atoms with van der Waals surface area (Å²) in [5.41, 5.74) is 0. The fraction of sp³-hybridized carbons (Fsp3) is 0.955. The van der Waals surface area contributed by atoms with E-state index >= 15 is 0 Å². The molecule has 0 fully saturated rings. The molecular formula is C66H128O6. The monoisotopic (exact) mass is 1020 g/mol. The summed E-state index contributed by atoms with van der Waals surface area (Å²) in [6.45, 7) is 6.66. The van der Waals surface area contributed by atoms with Crippen LogP contribution < -0.4 is 0 Å². The van der Waals surface area contributed by atoms with Gasteiger partial charge in [0.05, 0.1) is 0 Å². The first-order valence-corrected chi connectivity index (χ1v) is 33.0. The minimum absolute atomic E-state index is 0.0618. The topological polar surface area (TPSA) is 78.9 Å². The van der Waals surface area contributed by atoms with Gasteiger partial charge in [0.1, 0.15) is 13.2 Å². The van der Waals surface area contributed by atoms with Crippen molar-refractivity contribution in [2.24, 2.45) is 0 Å². The van der Waals surface area contributed by atoms with E-state index in [9.17, 15) is 14.4 Å². The van der Waals surface area contributed by atoms with Crippen LogP contribution >= 0.6 is 0 Å². The Hall–Kier alpha value is -1.59. The van der Waals surface area contributed by atoms with Gasteiger partial charge in [0, 0.05) is 19.3 Å². The van der Waals surface area contributed by atoms with Crippen molar-refractivity contribution in [1.82, 2.24) is 0 Å². The van der Waals surface area contributed by atoms with Crippen LogP contribution in [0.5, 0.6) is 0 Å². The molecule has 0 aromatic heterocycles. The zero-order valence-corrected chi connectivity index (χ0v) is 49.2. The van der Waals surface area contributed by atoms with Crippen LogP contribution in [0.1, 0.15) is 387 Å². The zero-order valence-electron chi connectivity index (χ0n) is 49.2. The standard InChI is InChI=1S/C66H128O6/c1-4-7-10-13-16-18-20-22-24-26-28-30-31-32-33-34-35-36-37-39-40-42-44-46-48-50-53-56-59-65(68)71-62-63(61-70-64(67)58-55-52-15-12-9-6-3)72-66(69)60-57-54-51-49-47-45-43-41-38-29-27-25-23-21-19-17-14-11-8-5-2/h63H,4-62H2,1-3H3. The van der Waals surface area contributed by atoms with E-state index < -0.39 is 6.10 Å². The van der Waals surface area contributed by atoms with E-state index in [-0.39, 0.29) is 31.1 Å². The Labute approximate surface area is 450 Å². The van der Waals surface area contributed by atoms with Gasteiger partial charge in [0.25, 0.3) is 0 Å². The van der Waals surface area contributed by atoms with Gasteiger partial charge in [-0.1, -0.05) is 348 Å². The molecule has 72 heavy (non-hydrogen) atoms. The Morgan fingerprint density at radius 3 is 0.556 bits per heavy atom. The van der Waals surface area contributed by atoms with Crippen LogP contribution in [-0.4, -0.2) is 37.2 Å². The molecule has 6 nitrogen and oxygen atoms in total. The second-order valence-corrected chi connectivity index (χ2v) is 22.8. The van der Waals surface area contributed by atoms with E-state index in [1.54, 1.807) is 0 Å². The lowest BCUT2D eigenvalue weighted by Gasteiger charge is -2.18. The van der Waals surface area contributed by atoms with Crippen molar-refractivity contribution in [2.75, 3.05) is 13.2 Å². The van der Waals surface area contributed by atoms with Gasteiger partial charge < -0.3 is 14.2 Å². The Morgan fingerprint density at radius 2 is 0.375 bits per heavy atom. The number of rotatable bonds is 62. The number of hydrogen-bond donors (Lipinski definition) is 0. The first-order valence-electron chi connectivity index (χ1n) is 33.0.